The second-order valence-corrected chi connectivity index (χ2v) is 6.00. The van der Waals surface area contributed by atoms with Crippen LogP contribution in [0, 0.1) is 0 Å². The lowest BCUT2D eigenvalue weighted by Gasteiger charge is -2.10. The van der Waals surface area contributed by atoms with E-state index < -0.39 is 11.8 Å². The van der Waals surface area contributed by atoms with E-state index in [0.717, 1.165) is 18.5 Å². The molecule has 1 aromatic rings. The van der Waals surface area contributed by atoms with E-state index in [1.807, 2.05) is 19.0 Å². The summed E-state index contributed by atoms with van der Waals surface area (Å²) in [5.41, 5.74) is 0.873. The van der Waals surface area contributed by atoms with Gasteiger partial charge in [-0.2, -0.15) is 0 Å². The molecule has 0 unspecified atom stereocenters. The maximum atomic E-state index is 11.6. The summed E-state index contributed by atoms with van der Waals surface area (Å²) in [5.74, 6) is -1.24. The number of rotatable bonds is 7. The van der Waals surface area contributed by atoms with Crippen molar-refractivity contribution in [1.82, 2.24) is 15.5 Å². The van der Waals surface area contributed by atoms with Gasteiger partial charge in [-0.15, -0.1) is 0 Å². The average molecular weight is 346 g/mol. The van der Waals surface area contributed by atoms with Crippen molar-refractivity contribution in [2.45, 2.75) is 12.8 Å². The first kappa shape index (κ1) is 18.7. The number of nitrogens with one attached hydrogen (secondary N) is 2. The Morgan fingerprint density at radius 3 is 2.32 bits per heavy atom. The van der Waals surface area contributed by atoms with Gasteiger partial charge in [-0.05, 0) is 51.2 Å². The van der Waals surface area contributed by atoms with Crippen LogP contribution in [0.25, 0.3) is 0 Å². The van der Waals surface area contributed by atoms with Gasteiger partial charge in [0.05, 0.1) is 0 Å². The highest BCUT2D eigenvalue weighted by molar-refractivity contribution is 6.35. The molecule has 0 aromatic heterocycles. The molecule has 0 aliphatic rings. The quantitative estimate of drug-likeness (QED) is 0.584. The minimum atomic E-state index is -0.630. The summed E-state index contributed by atoms with van der Waals surface area (Å²) in [7, 11) is 3.91. The van der Waals surface area contributed by atoms with Crippen LogP contribution in [-0.4, -0.2) is 50.4 Å². The first-order valence-electron chi connectivity index (χ1n) is 7.05. The molecule has 0 heterocycles. The van der Waals surface area contributed by atoms with E-state index in [4.69, 9.17) is 23.2 Å². The first-order valence-corrected chi connectivity index (χ1v) is 7.80. The molecule has 0 spiro atoms. The molecule has 22 heavy (non-hydrogen) atoms. The number of hydrogen-bond acceptors (Lipinski definition) is 3. The normalized spacial score (nSPS) is 10.6. The molecule has 122 valence electrons. The number of carbonyl (C=O) groups is 2. The van der Waals surface area contributed by atoms with Gasteiger partial charge in [0, 0.05) is 23.1 Å². The van der Waals surface area contributed by atoms with Crippen LogP contribution in [0.5, 0.6) is 0 Å². The molecule has 1 aromatic carbocycles. The standard InChI is InChI=1S/C15H21Cl2N3O2/c1-20(2)9-3-7-18-14(21)15(22)19-8-6-11-4-5-12(16)10-13(11)17/h4-5,10H,3,6-9H2,1-2H3,(H,18,21)(H,19,22). The van der Waals surface area contributed by atoms with Gasteiger partial charge in [-0.25, -0.2) is 0 Å². The molecule has 5 nitrogen and oxygen atoms in total. The summed E-state index contributed by atoms with van der Waals surface area (Å²) < 4.78 is 0. The summed E-state index contributed by atoms with van der Waals surface area (Å²) in [6.07, 6.45) is 1.34. The lowest BCUT2D eigenvalue weighted by atomic mass is 10.1. The SMILES string of the molecule is CN(C)CCCNC(=O)C(=O)NCCc1ccc(Cl)cc1Cl. The van der Waals surface area contributed by atoms with Crippen LogP contribution in [0.4, 0.5) is 0 Å². The molecule has 0 saturated heterocycles. The zero-order valence-electron chi connectivity index (χ0n) is 12.8. The summed E-state index contributed by atoms with van der Waals surface area (Å²) in [4.78, 5) is 25.2. The molecular formula is C15H21Cl2N3O2. The van der Waals surface area contributed by atoms with Crippen LogP contribution in [0.2, 0.25) is 10.0 Å². The van der Waals surface area contributed by atoms with Crippen molar-refractivity contribution in [3.8, 4) is 0 Å². The Labute approximate surface area is 141 Å². The second-order valence-electron chi connectivity index (χ2n) is 5.15. The Hall–Kier alpha value is -1.30. The molecule has 0 saturated carbocycles. The van der Waals surface area contributed by atoms with Crippen LogP contribution < -0.4 is 10.6 Å². The zero-order chi connectivity index (χ0) is 16.5. The molecule has 1 rings (SSSR count). The Morgan fingerprint density at radius 2 is 1.73 bits per heavy atom. The van der Waals surface area contributed by atoms with Crippen molar-refractivity contribution in [3.05, 3.63) is 33.8 Å². The molecule has 2 N–H and O–H groups in total. The predicted octanol–water partition coefficient (Wildman–Crippen LogP) is 1.72. The fraction of sp³-hybridized carbons (Fsp3) is 0.467. The van der Waals surface area contributed by atoms with Crippen molar-refractivity contribution in [1.29, 1.82) is 0 Å². The second kappa shape index (κ2) is 9.66. The Balaban J connectivity index is 2.26. The van der Waals surface area contributed by atoms with E-state index in [0.29, 0.717) is 29.6 Å². The van der Waals surface area contributed by atoms with E-state index in [1.165, 1.54) is 0 Å². The van der Waals surface area contributed by atoms with E-state index in [9.17, 15) is 9.59 Å². The minimum absolute atomic E-state index is 0.339. The number of nitrogens with zero attached hydrogens (tertiary/aromatic N) is 1. The minimum Gasteiger partial charge on any atom is -0.348 e. The van der Waals surface area contributed by atoms with Crippen LogP contribution in [-0.2, 0) is 16.0 Å². The number of carbonyl (C=O) groups excluding carboxylic acids is 2. The molecule has 0 bridgehead atoms. The largest absolute Gasteiger partial charge is 0.348 e. The van der Waals surface area contributed by atoms with Crippen molar-refractivity contribution in [2.24, 2.45) is 0 Å². The van der Waals surface area contributed by atoms with Crippen molar-refractivity contribution in [2.75, 3.05) is 33.7 Å². The van der Waals surface area contributed by atoms with Crippen LogP contribution >= 0.6 is 23.2 Å². The van der Waals surface area contributed by atoms with Gasteiger partial charge >= 0.3 is 11.8 Å². The fourth-order valence-corrected chi connectivity index (χ4v) is 2.30. The first-order chi connectivity index (χ1) is 10.4. The predicted molar refractivity (Wildman–Crippen MR) is 89.4 cm³/mol. The molecule has 0 radical (unpaired) electrons. The maximum absolute atomic E-state index is 11.6. The van der Waals surface area contributed by atoms with E-state index >= 15 is 0 Å². The lowest BCUT2D eigenvalue weighted by molar-refractivity contribution is -0.139. The van der Waals surface area contributed by atoms with Crippen LogP contribution in [0.3, 0.4) is 0 Å². The molecule has 2 amide bonds. The zero-order valence-corrected chi connectivity index (χ0v) is 14.3. The monoisotopic (exact) mass is 345 g/mol. The summed E-state index contributed by atoms with van der Waals surface area (Å²) >= 11 is 11.8. The lowest BCUT2D eigenvalue weighted by Crippen LogP contribution is -2.41. The van der Waals surface area contributed by atoms with Crippen molar-refractivity contribution >= 4 is 35.0 Å². The van der Waals surface area contributed by atoms with Crippen LogP contribution in [0.15, 0.2) is 18.2 Å². The molecule has 0 atom stereocenters. The Bertz CT molecular complexity index is 522. The molecule has 7 heteroatoms. The summed E-state index contributed by atoms with van der Waals surface area (Å²) in [6.45, 7) is 1.68. The number of halogens is 2. The van der Waals surface area contributed by atoms with Gasteiger partial charge in [0.15, 0.2) is 0 Å². The van der Waals surface area contributed by atoms with Gasteiger partial charge in [-0.1, -0.05) is 29.3 Å². The van der Waals surface area contributed by atoms with Gasteiger partial charge in [-0.3, -0.25) is 9.59 Å². The smallest absolute Gasteiger partial charge is 0.309 e. The maximum Gasteiger partial charge on any atom is 0.309 e. The van der Waals surface area contributed by atoms with Crippen molar-refractivity contribution < 1.29 is 9.59 Å². The van der Waals surface area contributed by atoms with E-state index in [-0.39, 0.29) is 0 Å². The third-order valence-corrected chi connectivity index (χ3v) is 3.56. The Morgan fingerprint density at radius 1 is 1.09 bits per heavy atom. The van der Waals surface area contributed by atoms with Gasteiger partial charge < -0.3 is 15.5 Å². The third-order valence-electron chi connectivity index (χ3n) is 2.97. The third kappa shape index (κ3) is 7.11. The number of benzene rings is 1. The summed E-state index contributed by atoms with van der Waals surface area (Å²) in [6, 6.07) is 5.19. The van der Waals surface area contributed by atoms with Crippen LogP contribution in [0.1, 0.15) is 12.0 Å². The summed E-state index contributed by atoms with van der Waals surface area (Å²) in [5, 5.41) is 6.27. The molecule has 0 fully saturated rings. The topological polar surface area (TPSA) is 61.4 Å². The number of amides is 2. The number of hydrogen-bond donors (Lipinski definition) is 2. The van der Waals surface area contributed by atoms with Crippen molar-refractivity contribution in [3.63, 3.8) is 0 Å². The molecular weight excluding hydrogens is 325 g/mol. The average Bonchev–Trinajstić information content (AvgIpc) is 2.45. The highest BCUT2D eigenvalue weighted by atomic mass is 35.5. The molecule has 0 aliphatic heterocycles. The van der Waals surface area contributed by atoms with Gasteiger partial charge in [0.25, 0.3) is 0 Å². The van der Waals surface area contributed by atoms with Gasteiger partial charge in [0.2, 0.25) is 0 Å². The van der Waals surface area contributed by atoms with E-state index in [1.54, 1.807) is 18.2 Å². The highest BCUT2D eigenvalue weighted by Crippen LogP contribution is 2.20. The Kier molecular flexibility index (Phi) is 8.24. The molecule has 0 aliphatic carbocycles. The van der Waals surface area contributed by atoms with Gasteiger partial charge in [0.1, 0.15) is 0 Å². The van der Waals surface area contributed by atoms with E-state index in [2.05, 4.69) is 10.6 Å². The highest BCUT2D eigenvalue weighted by Gasteiger charge is 2.12. The fourth-order valence-electron chi connectivity index (χ4n) is 1.79.